The first-order valence-electron chi connectivity index (χ1n) is 9.07. The molecule has 6 heteroatoms. The lowest BCUT2D eigenvalue weighted by Gasteiger charge is -2.17. The Morgan fingerprint density at radius 1 is 1.04 bits per heavy atom. The van der Waals surface area contributed by atoms with Gasteiger partial charge in [0.2, 0.25) is 6.79 Å². The first kappa shape index (κ1) is 17.9. The van der Waals surface area contributed by atoms with Crippen LogP contribution in [0.2, 0.25) is 0 Å². The molecule has 3 aromatic rings. The third-order valence-electron chi connectivity index (χ3n) is 4.53. The largest absolute Gasteiger partial charge is 0.454 e. The summed E-state index contributed by atoms with van der Waals surface area (Å²) in [5.74, 6) is 2.18. The molecule has 6 nitrogen and oxygen atoms in total. The topological polar surface area (TPSA) is 63.7 Å². The number of fused-ring (bicyclic) bond motifs is 1. The van der Waals surface area contributed by atoms with Gasteiger partial charge in [0.25, 0.3) is 5.91 Å². The van der Waals surface area contributed by atoms with Crippen LogP contribution in [0.5, 0.6) is 11.5 Å². The van der Waals surface area contributed by atoms with Crippen molar-refractivity contribution in [3.8, 4) is 11.5 Å². The summed E-state index contributed by atoms with van der Waals surface area (Å²) >= 11 is 0. The molecule has 1 aliphatic rings. The predicted octanol–water partition coefficient (Wildman–Crippen LogP) is 3.69. The maximum atomic E-state index is 12.6. The number of anilines is 1. The Labute approximate surface area is 163 Å². The highest BCUT2D eigenvalue weighted by atomic mass is 16.7. The number of aromatic nitrogens is 1. The molecule has 0 spiro atoms. The van der Waals surface area contributed by atoms with Gasteiger partial charge >= 0.3 is 0 Å². The molecule has 0 atom stereocenters. The van der Waals surface area contributed by atoms with E-state index in [0.29, 0.717) is 24.5 Å². The molecule has 0 unspecified atom stereocenters. The number of hydrogen-bond donors (Lipinski definition) is 1. The van der Waals surface area contributed by atoms with Crippen molar-refractivity contribution in [3.63, 3.8) is 0 Å². The lowest BCUT2D eigenvalue weighted by molar-refractivity contribution is 0.0784. The zero-order valence-corrected chi connectivity index (χ0v) is 15.6. The van der Waals surface area contributed by atoms with Gasteiger partial charge in [-0.1, -0.05) is 36.4 Å². The van der Waals surface area contributed by atoms with Crippen molar-refractivity contribution in [2.24, 2.45) is 0 Å². The third kappa shape index (κ3) is 4.06. The monoisotopic (exact) mass is 375 g/mol. The van der Waals surface area contributed by atoms with E-state index in [0.717, 1.165) is 22.6 Å². The van der Waals surface area contributed by atoms with Crippen molar-refractivity contribution in [3.05, 3.63) is 83.6 Å². The average Bonchev–Trinajstić information content (AvgIpc) is 3.21. The minimum Gasteiger partial charge on any atom is -0.454 e. The minimum atomic E-state index is -0.0568. The van der Waals surface area contributed by atoms with Crippen LogP contribution >= 0.6 is 0 Å². The molecular formula is C22H21N3O3. The summed E-state index contributed by atoms with van der Waals surface area (Å²) in [6.07, 6.45) is 1.60. The van der Waals surface area contributed by atoms with Crippen LogP contribution in [0.25, 0.3) is 0 Å². The molecule has 142 valence electrons. The number of nitrogens with one attached hydrogen (secondary N) is 1. The van der Waals surface area contributed by atoms with Gasteiger partial charge in [-0.2, -0.15) is 0 Å². The smallest absolute Gasteiger partial charge is 0.255 e. The van der Waals surface area contributed by atoms with Crippen molar-refractivity contribution in [1.29, 1.82) is 0 Å². The SMILES string of the molecule is CN(Cc1ccccc1)C(=O)c1ccc(NCc2ccc3c(c2)OCO3)nc1. The van der Waals surface area contributed by atoms with Crippen molar-refractivity contribution in [1.82, 2.24) is 9.88 Å². The average molecular weight is 375 g/mol. The van der Waals surface area contributed by atoms with Crippen LogP contribution in [-0.2, 0) is 13.1 Å². The van der Waals surface area contributed by atoms with E-state index in [9.17, 15) is 4.79 Å². The Bertz CT molecular complexity index is 959. The molecule has 1 aliphatic heterocycles. The van der Waals surface area contributed by atoms with Gasteiger partial charge in [-0.25, -0.2) is 4.98 Å². The van der Waals surface area contributed by atoms with E-state index in [1.807, 2.05) is 54.6 Å². The summed E-state index contributed by atoms with van der Waals surface area (Å²) in [5.41, 5.74) is 2.72. The summed E-state index contributed by atoms with van der Waals surface area (Å²) < 4.78 is 10.7. The van der Waals surface area contributed by atoms with Crippen LogP contribution in [0, 0.1) is 0 Å². The van der Waals surface area contributed by atoms with E-state index in [4.69, 9.17) is 9.47 Å². The highest BCUT2D eigenvalue weighted by Gasteiger charge is 2.14. The Hall–Kier alpha value is -3.54. The number of carbonyl (C=O) groups is 1. The van der Waals surface area contributed by atoms with E-state index < -0.39 is 0 Å². The molecular weight excluding hydrogens is 354 g/mol. The van der Waals surface area contributed by atoms with Crippen LogP contribution in [-0.4, -0.2) is 29.6 Å². The van der Waals surface area contributed by atoms with Gasteiger partial charge in [0.05, 0.1) is 5.56 Å². The Morgan fingerprint density at radius 3 is 2.64 bits per heavy atom. The fourth-order valence-electron chi connectivity index (χ4n) is 3.02. The quantitative estimate of drug-likeness (QED) is 0.712. The van der Waals surface area contributed by atoms with E-state index in [1.165, 1.54) is 0 Å². The highest BCUT2D eigenvalue weighted by Crippen LogP contribution is 2.32. The second-order valence-electron chi connectivity index (χ2n) is 6.62. The predicted molar refractivity (Wildman–Crippen MR) is 106 cm³/mol. The van der Waals surface area contributed by atoms with Crippen molar-refractivity contribution < 1.29 is 14.3 Å². The van der Waals surface area contributed by atoms with Gasteiger partial charge < -0.3 is 19.7 Å². The van der Waals surface area contributed by atoms with Gasteiger partial charge in [-0.3, -0.25) is 4.79 Å². The number of rotatable bonds is 6. The van der Waals surface area contributed by atoms with Crippen LogP contribution < -0.4 is 14.8 Å². The van der Waals surface area contributed by atoms with E-state index in [2.05, 4.69) is 10.3 Å². The molecule has 2 aromatic carbocycles. The third-order valence-corrected chi connectivity index (χ3v) is 4.53. The zero-order valence-electron chi connectivity index (χ0n) is 15.6. The molecule has 0 saturated carbocycles. The fraction of sp³-hybridized carbons (Fsp3) is 0.182. The van der Waals surface area contributed by atoms with E-state index in [-0.39, 0.29) is 12.7 Å². The Balaban J connectivity index is 1.35. The summed E-state index contributed by atoms with van der Waals surface area (Å²) in [4.78, 5) is 18.6. The first-order chi connectivity index (χ1) is 13.7. The molecule has 28 heavy (non-hydrogen) atoms. The van der Waals surface area contributed by atoms with Gasteiger partial charge in [-0.15, -0.1) is 0 Å². The van der Waals surface area contributed by atoms with Gasteiger partial charge in [0.1, 0.15) is 5.82 Å². The second-order valence-corrected chi connectivity index (χ2v) is 6.62. The molecule has 4 rings (SSSR count). The van der Waals surface area contributed by atoms with E-state index >= 15 is 0 Å². The number of nitrogens with zero attached hydrogens (tertiary/aromatic N) is 2. The summed E-state index contributed by atoms with van der Waals surface area (Å²) in [7, 11) is 1.79. The number of ether oxygens (including phenoxy) is 2. The van der Waals surface area contributed by atoms with Gasteiger partial charge in [0, 0.05) is 26.3 Å². The highest BCUT2D eigenvalue weighted by molar-refractivity contribution is 5.93. The molecule has 1 amide bonds. The normalized spacial score (nSPS) is 11.9. The molecule has 1 aromatic heterocycles. The van der Waals surface area contributed by atoms with Crippen LogP contribution in [0.15, 0.2) is 66.9 Å². The van der Waals surface area contributed by atoms with Crippen molar-refractivity contribution >= 4 is 11.7 Å². The van der Waals surface area contributed by atoms with Crippen LogP contribution in [0.3, 0.4) is 0 Å². The van der Waals surface area contributed by atoms with Gasteiger partial charge in [-0.05, 0) is 35.4 Å². The summed E-state index contributed by atoms with van der Waals surface area (Å²) in [6, 6.07) is 19.3. The van der Waals surface area contributed by atoms with Crippen LogP contribution in [0.4, 0.5) is 5.82 Å². The van der Waals surface area contributed by atoms with Gasteiger partial charge in [0.15, 0.2) is 11.5 Å². The maximum absolute atomic E-state index is 12.6. The minimum absolute atomic E-state index is 0.0568. The first-order valence-corrected chi connectivity index (χ1v) is 9.07. The molecule has 0 radical (unpaired) electrons. The number of benzene rings is 2. The lowest BCUT2D eigenvalue weighted by Crippen LogP contribution is -2.26. The standard InChI is InChI=1S/C22H21N3O3/c1-25(14-16-5-3-2-4-6-16)22(26)18-8-10-21(24-13-18)23-12-17-7-9-19-20(11-17)28-15-27-19/h2-11,13H,12,14-15H2,1H3,(H,23,24). The second kappa shape index (κ2) is 8.00. The molecule has 2 heterocycles. The van der Waals surface area contributed by atoms with Crippen molar-refractivity contribution in [2.45, 2.75) is 13.1 Å². The summed E-state index contributed by atoms with van der Waals surface area (Å²) in [6.45, 7) is 1.43. The van der Waals surface area contributed by atoms with Crippen molar-refractivity contribution in [2.75, 3.05) is 19.2 Å². The zero-order chi connectivity index (χ0) is 19.3. The van der Waals surface area contributed by atoms with E-state index in [1.54, 1.807) is 24.2 Å². The molecule has 0 saturated heterocycles. The van der Waals surface area contributed by atoms with Crippen LogP contribution in [0.1, 0.15) is 21.5 Å². The number of hydrogen-bond acceptors (Lipinski definition) is 5. The summed E-state index contributed by atoms with van der Waals surface area (Å²) in [5, 5.41) is 3.25. The Morgan fingerprint density at radius 2 is 1.86 bits per heavy atom. The molecule has 0 fully saturated rings. The molecule has 1 N–H and O–H groups in total. The number of amides is 1. The lowest BCUT2D eigenvalue weighted by atomic mass is 10.2. The maximum Gasteiger partial charge on any atom is 0.255 e. The number of carbonyl (C=O) groups excluding carboxylic acids is 1. The molecule has 0 aliphatic carbocycles. The molecule has 0 bridgehead atoms. The number of pyridine rings is 1. The Kier molecular flexibility index (Phi) is 5.10. The fourth-order valence-corrected chi connectivity index (χ4v) is 3.02.